The number of aromatic nitrogens is 1. The maximum Gasteiger partial charge on any atom is 0.419 e. The van der Waals surface area contributed by atoms with Gasteiger partial charge in [0, 0.05) is 11.5 Å². The fourth-order valence-corrected chi connectivity index (χ4v) is 1.85. The number of nitrogens with zero attached hydrogens (tertiary/aromatic N) is 1. The fourth-order valence-electron chi connectivity index (χ4n) is 1.41. The first-order valence-electron chi connectivity index (χ1n) is 4.03. The first-order chi connectivity index (χ1) is 7.00. The topological polar surface area (TPSA) is 72.4 Å². The number of benzene rings is 1. The summed E-state index contributed by atoms with van der Waals surface area (Å²) in [5.41, 5.74) is 0.581. The lowest BCUT2D eigenvalue weighted by Crippen LogP contribution is -2.10. The highest BCUT2D eigenvalue weighted by molar-refractivity contribution is 9.10. The molecule has 78 valence electrons. The summed E-state index contributed by atoms with van der Waals surface area (Å²) in [6.45, 7) is 0. The lowest BCUT2D eigenvalue weighted by Gasteiger charge is -1.99. The summed E-state index contributed by atoms with van der Waals surface area (Å²) < 4.78 is 6.61. The summed E-state index contributed by atoms with van der Waals surface area (Å²) in [4.78, 5) is 22.2. The number of carboxylic acids is 1. The molecule has 0 amide bonds. The van der Waals surface area contributed by atoms with Gasteiger partial charge in [-0.25, -0.2) is 9.59 Å². The van der Waals surface area contributed by atoms with Gasteiger partial charge in [-0.3, -0.25) is 4.57 Å². The van der Waals surface area contributed by atoms with Crippen molar-refractivity contribution in [3.63, 3.8) is 0 Å². The number of oxazole rings is 1. The van der Waals surface area contributed by atoms with E-state index in [4.69, 9.17) is 9.52 Å². The highest BCUT2D eigenvalue weighted by Gasteiger charge is 2.16. The standard InChI is InChI=1S/C9H6BrNO4/c1-11-7-5(8(12)13)2-4(10)3-6(7)15-9(11)14/h2-3H,1H3,(H,12,13). The van der Waals surface area contributed by atoms with Crippen molar-refractivity contribution in [2.45, 2.75) is 0 Å². The molecule has 2 aromatic rings. The van der Waals surface area contributed by atoms with E-state index < -0.39 is 11.7 Å². The van der Waals surface area contributed by atoms with Crippen LogP contribution < -0.4 is 5.76 Å². The number of hydrogen-bond acceptors (Lipinski definition) is 3. The Labute approximate surface area is 92.1 Å². The molecule has 0 aliphatic heterocycles. The Morgan fingerprint density at radius 3 is 2.80 bits per heavy atom. The zero-order valence-corrected chi connectivity index (χ0v) is 9.24. The molecule has 0 bridgehead atoms. The molecule has 0 atom stereocenters. The molecule has 15 heavy (non-hydrogen) atoms. The molecule has 0 unspecified atom stereocenters. The van der Waals surface area contributed by atoms with Crippen molar-refractivity contribution in [2.24, 2.45) is 7.05 Å². The number of aryl methyl sites for hydroxylation is 1. The van der Waals surface area contributed by atoms with E-state index in [9.17, 15) is 9.59 Å². The van der Waals surface area contributed by atoms with Gasteiger partial charge in [0.1, 0.15) is 5.52 Å². The smallest absolute Gasteiger partial charge is 0.419 e. The van der Waals surface area contributed by atoms with Crippen LogP contribution in [0, 0.1) is 0 Å². The predicted molar refractivity (Wildman–Crippen MR) is 56.1 cm³/mol. The summed E-state index contributed by atoms with van der Waals surface area (Å²) in [5, 5.41) is 8.96. The van der Waals surface area contributed by atoms with E-state index in [1.807, 2.05) is 0 Å². The van der Waals surface area contributed by atoms with Crippen LogP contribution in [0.4, 0.5) is 0 Å². The quantitative estimate of drug-likeness (QED) is 0.855. The molecule has 6 heteroatoms. The van der Waals surface area contributed by atoms with Gasteiger partial charge in [-0.15, -0.1) is 0 Å². The number of carbonyl (C=O) groups is 1. The maximum absolute atomic E-state index is 11.2. The van der Waals surface area contributed by atoms with Crippen molar-refractivity contribution in [1.29, 1.82) is 0 Å². The Morgan fingerprint density at radius 2 is 2.20 bits per heavy atom. The minimum absolute atomic E-state index is 0.0349. The third-order valence-corrected chi connectivity index (χ3v) is 2.53. The number of fused-ring (bicyclic) bond motifs is 1. The summed E-state index contributed by atoms with van der Waals surface area (Å²) in [5.74, 6) is -1.68. The second-order valence-corrected chi connectivity index (χ2v) is 3.95. The molecule has 1 aromatic heterocycles. The van der Waals surface area contributed by atoms with Crippen LogP contribution in [0.15, 0.2) is 25.8 Å². The number of carboxylic acid groups (broad SMARTS) is 1. The van der Waals surface area contributed by atoms with Crippen LogP contribution in [0.25, 0.3) is 11.1 Å². The first-order valence-corrected chi connectivity index (χ1v) is 4.82. The number of halogens is 1. The van der Waals surface area contributed by atoms with Gasteiger partial charge in [0.15, 0.2) is 5.58 Å². The van der Waals surface area contributed by atoms with Gasteiger partial charge in [-0.2, -0.15) is 0 Å². The molecule has 0 aliphatic rings. The van der Waals surface area contributed by atoms with E-state index in [1.54, 1.807) is 6.07 Å². The van der Waals surface area contributed by atoms with Crippen LogP contribution in [0.3, 0.4) is 0 Å². The van der Waals surface area contributed by atoms with E-state index in [1.165, 1.54) is 17.7 Å². The van der Waals surface area contributed by atoms with Gasteiger partial charge in [0.05, 0.1) is 5.56 Å². The molecule has 0 saturated heterocycles. The Morgan fingerprint density at radius 1 is 1.53 bits per heavy atom. The Hall–Kier alpha value is -1.56. The van der Waals surface area contributed by atoms with Crippen molar-refractivity contribution < 1.29 is 14.3 Å². The van der Waals surface area contributed by atoms with Crippen LogP contribution >= 0.6 is 15.9 Å². The summed E-state index contributed by atoms with van der Waals surface area (Å²) >= 11 is 3.15. The van der Waals surface area contributed by atoms with E-state index in [0.717, 1.165) is 0 Å². The molecular weight excluding hydrogens is 266 g/mol. The van der Waals surface area contributed by atoms with Gasteiger partial charge >= 0.3 is 11.7 Å². The minimum atomic E-state index is -1.10. The SMILES string of the molecule is Cn1c(=O)oc2cc(Br)cc(C(=O)O)c21. The van der Waals surface area contributed by atoms with Gasteiger partial charge < -0.3 is 9.52 Å². The Bertz CT molecular complexity index is 610. The average molecular weight is 272 g/mol. The largest absolute Gasteiger partial charge is 0.478 e. The number of rotatable bonds is 1. The van der Waals surface area contributed by atoms with Gasteiger partial charge in [0.2, 0.25) is 0 Å². The van der Waals surface area contributed by atoms with Gasteiger partial charge in [-0.05, 0) is 12.1 Å². The van der Waals surface area contributed by atoms with Gasteiger partial charge in [0.25, 0.3) is 0 Å². The van der Waals surface area contributed by atoms with Gasteiger partial charge in [-0.1, -0.05) is 15.9 Å². The summed E-state index contributed by atoms with van der Waals surface area (Å²) in [6.07, 6.45) is 0. The lowest BCUT2D eigenvalue weighted by molar-refractivity contribution is 0.0698. The second-order valence-electron chi connectivity index (χ2n) is 3.03. The molecule has 5 nitrogen and oxygen atoms in total. The van der Waals surface area contributed by atoms with Crippen molar-refractivity contribution in [3.8, 4) is 0 Å². The van der Waals surface area contributed by atoms with Crippen LogP contribution in [0.1, 0.15) is 10.4 Å². The monoisotopic (exact) mass is 271 g/mol. The zero-order valence-electron chi connectivity index (χ0n) is 7.65. The molecular formula is C9H6BrNO4. The Kier molecular flexibility index (Phi) is 2.15. The number of aromatic carboxylic acids is 1. The maximum atomic E-state index is 11.2. The lowest BCUT2D eigenvalue weighted by atomic mass is 10.2. The Balaban J connectivity index is 3.01. The summed E-state index contributed by atoms with van der Waals surface area (Å²) in [6, 6.07) is 2.99. The average Bonchev–Trinajstić information content (AvgIpc) is 2.41. The molecule has 0 fully saturated rings. The fraction of sp³-hybridized carbons (Fsp3) is 0.111. The van der Waals surface area contributed by atoms with Crippen molar-refractivity contribution in [3.05, 3.63) is 32.7 Å². The van der Waals surface area contributed by atoms with E-state index in [2.05, 4.69) is 15.9 Å². The molecule has 0 saturated carbocycles. The normalized spacial score (nSPS) is 10.8. The predicted octanol–water partition coefficient (Wildman–Crippen LogP) is 1.59. The van der Waals surface area contributed by atoms with Crippen molar-refractivity contribution >= 4 is 33.0 Å². The van der Waals surface area contributed by atoms with E-state index in [-0.39, 0.29) is 16.7 Å². The van der Waals surface area contributed by atoms with Crippen LogP contribution in [0.5, 0.6) is 0 Å². The molecule has 0 spiro atoms. The molecule has 0 aliphatic carbocycles. The molecule has 1 N–H and O–H groups in total. The van der Waals surface area contributed by atoms with Crippen molar-refractivity contribution in [2.75, 3.05) is 0 Å². The van der Waals surface area contributed by atoms with Crippen molar-refractivity contribution in [1.82, 2.24) is 4.57 Å². The molecule has 0 radical (unpaired) electrons. The molecule has 1 heterocycles. The second kappa shape index (κ2) is 3.23. The highest BCUT2D eigenvalue weighted by Crippen LogP contribution is 2.23. The van der Waals surface area contributed by atoms with Crippen LogP contribution in [0.2, 0.25) is 0 Å². The number of hydrogen-bond donors (Lipinski definition) is 1. The molecule has 2 rings (SSSR count). The zero-order chi connectivity index (χ0) is 11.2. The first kappa shape index (κ1) is 9.97. The third-order valence-electron chi connectivity index (χ3n) is 2.08. The highest BCUT2D eigenvalue weighted by atomic mass is 79.9. The molecule has 1 aromatic carbocycles. The summed E-state index contributed by atoms with van der Waals surface area (Å²) in [7, 11) is 1.47. The third kappa shape index (κ3) is 1.46. The van der Waals surface area contributed by atoms with Crippen LogP contribution in [-0.2, 0) is 7.05 Å². The van der Waals surface area contributed by atoms with E-state index >= 15 is 0 Å². The minimum Gasteiger partial charge on any atom is -0.478 e. The van der Waals surface area contributed by atoms with Crippen LogP contribution in [-0.4, -0.2) is 15.6 Å². The van der Waals surface area contributed by atoms with E-state index in [0.29, 0.717) is 4.47 Å².